The SMILES string of the molecule is CC(=O)c1sc(N=Nc2cc(Nc3ccccc3C)c(Nc3ccccc3C)[nH]c2=O)nc1C. The van der Waals surface area contributed by atoms with Crippen LogP contribution in [0.15, 0.2) is 69.6 Å². The van der Waals surface area contributed by atoms with Gasteiger partial charge in [0.1, 0.15) is 5.82 Å². The number of anilines is 4. The first-order chi connectivity index (χ1) is 16.3. The summed E-state index contributed by atoms with van der Waals surface area (Å²) in [6.45, 7) is 7.22. The van der Waals surface area contributed by atoms with Crippen LogP contribution in [0, 0.1) is 20.8 Å². The largest absolute Gasteiger partial charge is 0.352 e. The fourth-order valence-electron chi connectivity index (χ4n) is 3.35. The third-order valence-corrected chi connectivity index (χ3v) is 6.33. The van der Waals surface area contributed by atoms with Crippen molar-refractivity contribution in [1.82, 2.24) is 9.97 Å². The number of aromatic amines is 1. The molecule has 9 heteroatoms. The first-order valence-corrected chi connectivity index (χ1v) is 11.5. The number of aryl methyl sites for hydroxylation is 3. The van der Waals surface area contributed by atoms with Crippen LogP contribution in [0.1, 0.15) is 33.4 Å². The molecule has 0 radical (unpaired) electrons. The minimum atomic E-state index is -0.407. The Morgan fingerprint density at radius 3 is 2.12 bits per heavy atom. The van der Waals surface area contributed by atoms with Gasteiger partial charge in [-0.15, -0.1) is 10.2 Å². The molecule has 0 aliphatic carbocycles. The van der Waals surface area contributed by atoms with Gasteiger partial charge in [-0.25, -0.2) is 4.98 Å². The summed E-state index contributed by atoms with van der Waals surface area (Å²) in [6, 6.07) is 17.3. The van der Waals surface area contributed by atoms with Crippen molar-refractivity contribution in [3.63, 3.8) is 0 Å². The highest BCUT2D eigenvalue weighted by atomic mass is 32.1. The maximum atomic E-state index is 12.8. The van der Waals surface area contributed by atoms with Crippen molar-refractivity contribution >= 4 is 50.8 Å². The number of H-pyrrole nitrogens is 1. The maximum absolute atomic E-state index is 12.8. The molecule has 34 heavy (non-hydrogen) atoms. The molecule has 4 rings (SSSR count). The van der Waals surface area contributed by atoms with E-state index in [0.29, 0.717) is 27.2 Å². The van der Waals surface area contributed by atoms with Crippen LogP contribution >= 0.6 is 11.3 Å². The van der Waals surface area contributed by atoms with Crippen molar-refractivity contribution < 1.29 is 4.79 Å². The summed E-state index contributed by atoms with van der Waals surface area (Å²) >= 11 is 1.15. The Bertz CT molecular complexity index is 1450. The number of hydrogen-bond donors (Lipinski definition) is 3. The Morgan fingerprint density at radius 1 is 0.912 bits per heavy atom. The average Bonchev–Trinajstić information content (AvgIpc) is 3.18. The highest BCUT2D eigenvalue weighted by molar-refractivity contribution is 7.17. The molecule has 0 saturated heterocycles. The summed E-state index contributed by atoms with van der Waals surface area (Å²) in [5, 5.41) is 15.2. The number of Topliss-reactive ketones (excluding diaryl/α,β-unsaturated/α-hetero) is 1. The zero-order valence-electron chi connectivity index (χ0n) is 19.3. The minimum absolute atomic E-state index is 0.0781. The zero-order chi connectivity index (χ0) is 24.2. The van der Waals surface area contributed by atoms with Gasteiger partial charge in [-0.1, -0.05) is 47.7 Å². The molecule has 2 heterocycles. The summed E-state index contributed by atoms with van der Waals surface area (Å²) < 4.78 is 0. The van der Waals surface area contributed by atoms with E-state index >= 15 is 0 Å². The van der Waals surface area contributed by atoms with Crippen molar-refractivity contribution in [2.45, 2.75) is 27.7 Å². The number of rotatable bonds is 7. The van der Waals surface area contributed by atoms with Gasteiger partial charge in [-0.2, -0.15) is 0 Å². The second-order valence-corrected chi connectivity index (χ2v) is 8.80. The van der Waals surface area contributed by atoms with Gasteiger partial charge in [-0.05, 0) is 50.1 Å². The van der Waals surface area contributed by atoms with Crippen molar-refractivity contribution in [2.24, 2.45) is 10.2 Å². The molecule has 0 aliphatic heterocycles. The van der Waals surface area contributed by atoms with Crippen LogP contribution in [0.3, 0.4) is 0 Å². The smallest absolute Gasteiger partial charge is 0.277 e. The molecule has 8 nitrogen and oxygen atoms in total. The van der Waals surface area contributed by atoms with E-state index in [-0.39, 0.29) is 11.5 Å². The zero-order valence-corrected chi connectivity index (χ0v) is 20.1. The van der Waals surface area contributed by atoms with Crippen molar-refractivity contribution in [3.8, 4) is 0 Å². The predicted octanol–water partition coefficient (Wildman–Crippen LogP) is 6.86. The third kappa shape index (κ3) is 5.10. The molecular formula is C25H24N6O2S. The van der Waals surface area contributed by atoms with E-state index in [4.69, 9.17) is 0 Å². The highest BCUT2D eigenvalue weighted by Crippen LogP contribution is 2.32. The standard InChI is InChI=1S/C25H24N6O2S/c1-14-9-5-7-11-18(14)27-20-13-21(30-31-25-26-16(3)22(34-25)17(4)32)24(33)29-23(20)28-19-12-8-6-10-15(19)2/h5-13,27H,1-4H3,(H2,28,29,33). The monoisotopic (exact) mass is 472 g/mol. The Morgan fingerprint density at radius 2 is 1.53 bits per heavy atom. The Labute approximate surface area is 200 Å². The fraction of sp³-hybridized carbons (Fsp3) is 0.160. The Kier molecular flexibility index (Phi) is 6.65. The van der Waals surface area contributed by atoms with E-state index in [1.165, 1.54) is 6.92 Å². The second-order valence-electron chi connectivity index (χ2n) is 7.82. The topological polar surface area (TPSA) is 112 Å². The number of hydrogen-bond acceptors (Lipinski definition) is 8. The lowest BCUT2D eigenvalue weighted by Gasteiger charge is -2.16. The van der Waals surface area contributed by atoms with E-state index in [0.717, 1.165) is 33.8 Å². The molecule has 0 fully saturated rings. The van der Waals surface area contributed by atoms with Crippen LogP contribution < -0.4 is 16.2 Å². The summed E-state index contributed by atoms with van der Waals surface area (Å²) in [6.07, 6.45) is 0. The third-order valence-electron chi connectivity index (χ3n) is 5.19. The van der Waals surface area contributed by atoms with Gasteiger partial charge < -0.3 is 15.6 Å². The number of thiazole rings is 1. The average molecular weight is 473 g/mol. The number of carbonyl (C=O) groups excluding carboxylic acids is 1. The first kappa shape index (κ1) is 23.1. The lowest BCUT2D eigenvalue weighted by atomic mass is 10.2. The lowest BCUT2D eigenvalue weighted by Crippen LogP contribution is -2.11. The molecule has 4 aromatic rings. The summed E-state index contributed by atoms with van der Waals surface area (Å²) in [5.74, 6) is 0.427. The van der Waals surface area contributed by atoms with E-state index < -0.39 is 5.56 Å². The van der Waals surface area contributed by atoms with Gasteiger partial charge in [0.25, 0.3) is 5.56 Å². The van der Waals surface area contributed by atoms with Crippen LogP contribution in [-0.2, 0) is 0 Å². The van der Waals surface area contributed by atoms with Gasteiger partial charge in [-0.3, -0.25) is 9.59 Å². The Hall–Kier alpha value is -4.11. The molecule has 3 N–H and O–H groups in total. The number of pyridine rings is 1. The highest BCUT2D eigenvalue weighted by Gasteiger charge is 2.13. The quantitative estimate of drug-likeness (QED) is 0.201. The van der Waals surface area contributed by atoms with E-state index in [9.17, 15) is 9.59 Å². The second kappa shape index (κ2) is 9.80. The summed E-state index contributed by atoms with van der Waals surface area (Å²) in [7, 11) is 0. The van der Waals surface area contributed by atoms with E-state index in [1.807, 2.05) is 62.4 Å². The van der Waals surface area contributed by atoms with Crippen LogP contribution in [0.4, 0.5) is 33.7 Å². The van der Waals surface area contributed by atoms with Crippen LogP contribution in [0.2, 0.25) is 0 Å². The number of para-hydroxylation sites is 2. The summed E-state index contributed by atoms with van der Waals surface area (Å²) in [4.78, 5) is 32.2. The number of benzene rings is 2. The first-order valence-electron chi connectivity index (χ1n) is 10.6. The molecule has 0 unspecified atom stereocenters. The molecule has 0 spiro atoms. The molecule has 0 saturated carbocycles. The van der Waals surface area contributed by atoms with Gasteiger partial charge in [0.2, 0.25) is 5.13 Å². The summed E-state index contributed by atoms with van der Waals surface area (Å²) in [5.41, 5.74) is 4.79. The van der Waals surface area contributed by atoms with Gasteiger partial charge in [0.05, 0.1) is 16.3 Å². The molecule has 0 atom stereocenters. The number of azo groups is 1. The maximum Gasteiger partial charge on any atom is 0.277 e. The number of nitrogens with one attached hydrogen (secondary N) is 3. The number of nitrogens with zero attached hydrogens (tertiary/aromatic N) is 3. The molecule has 172 valence electrons. The predicted molar refractivity (Wildman–Crippen MR) is 137 cm³/mol. The minimum Gasteiger partial charge on any atom is -0.352 e. The number of aromatic nitrogens is 2. The molecular weight excluding hydrogens is 448 g/mol. The fourth-order valence-corrected chi connectivity index (χ4v) is 4.13. The lowest BCUT2D eigenvalue weighted by molar-refractivity contribution is 0.102. The van der Waals surface area contributed by atoms with E-state index in [2.05, 4.69) is 30.8 Å². The molecule has 0 aliphatic rings. The van der Waals surface area contributed by atoms with Crippen molar-refractivity contribution in [3.05, 3.63) is 86.6 Å². The van der Waals surface area contributed by atoms with Crippen molar-refractivity contribution in [2.75, 3.05) is 10.6 Å². The van der Waals surface area contributed by atoms with Gasteiger partial charge >= 0.3 is 0 Å². The van der Waals surface area contributed by atoms with Crippen LogP contribution in [-0.4, -0.2) is 15.8 Å². The van der Waals surface area contributed by atoms with Gasteiger partial charge in [0.15, 0.2) is 11.5 Å². The van der Waals surface area contributed by atoms with Crippen LogP contribution in [0.25, 0.3) is 0 Å². The molecule has 2 aromatic carbocycles. The van der Waals surface area contributed by atoms with Crippen molar-refractivity contribution in [1.29, 1.82) is 0 Å². The number of ketones is 1. The molecule has 0 bridgehead atoms. The van der Waals surface area contributed by atoms with Crippen LogP contribution in [0.5, 0.6) is 0 Å². The molecule has 2 aromatic heterocycles. The molecule has 0 amide bonds. The Balaban J connectivity index is 1.74. The van der Waals surface area contributed by atoms with Gasteiger partial charge in [0, 0.05) is 18.3 Å². The normalized spacial score (nSPS) is 11.1. The van der Waals surface area contributed by atoms with E-state index in [1.54, 1.807) is 13.0 Å². The number of carbonyl (C=O) groups is 1.